The molecule has 1 aromatic rings. The van der Waals surface area contributed by atoms with Crippen molar-refractivity contribution in [3.05, 3.63) is 29.6 Å². The predicted octanol–water partition coefficient (Wildman–Crippen LogP) is 1.67. The molecule has 0 spiro atoms. The third-order valence-electron chi connectivity index (χ3n) is 3.05. The van der Waals surface area contributed by atoms with Gasteiger partial charge in [0, 0.05) is 13.7 Å². The molecular formula is C14H22FNO3. The fraction of sp³-hybridized carbons (Fsp3) is 0.571. The Bertz CT molecular complexity index is 396. The molecule has 0 radical (unpaired) electrons. The molecule has 0 bridgehead atoms. The van der Waals surface area contributed by atoms with E-state index in [2.05, 4.69) is 5.32 Å². The molecule has 1 rings (SSSR count). The standard InChI is InChI=1S/C14H22FNO3/c1-14(17,6-7-16-8-9-18-2)11-4-5-13(19-3)12(15)10-11/h4-5,10,16-17H,6-9H2,1-3H3. The minimum Gasteiger partial charge on any atom is -0.494 e. The number of aliphatic hydroxyl groups is 1. The largest absolute Gasteiger partial charge is 0.494 e. The van der Waals surface area contributed by atoms with Crippen LogP contribution in [0.5, 0.6) is 5.75 Å². The van der Waals surface area contributed by atoms with Crippen LogP contribution in [0.1, 0.15) is 18.9 Å². The monoisotopic (exact) mass is 271 g/mol. The number of hydrogen-bond acceptors (Lipinski definition) is 4. The van der Waals surface area contributed by atoms with Gasteiger partial charge in [0.05, 0.1) is 19.3 Å². The molecule has 0 aliphatic rings. The maximum atomic E-state index is 13.6. The molecule has 1 unspecified atom stereocenters. The fourth-order valence-corrected chi connectivity index (χ4v) is 1.78. The first kappa shape index (κ1) is 15.9. The highest BCUT2D eigenvalue weighted by Gasteiger charge is 2.23. The molecule has 19 heavy (non-hydrogen) atoms. The van der Waals surface area contributed by atoms with Gasteiger partial charge in [-0.05, 0) is 37.6 Å². The second-order valence-corrected chi connectivity index (χ2v) is 4.62. The summed E-state index contributed by atoms with van der Waals surface area (Å²) >= 11 is 0. The van der Waals surface area contributed by atoms with Crippen molar-refractivity contribution in [3.8, 4) is 5.75 Å². The first-order valence-corrected chi connectivity index (χ1v) is 6.27. The van der Waals surface area contributed by atoms with E-state index in [1.54, 1.807) is 20.1 Å². The summed E-state index contributed by atoms with van der Waals surface area (Å²) in [7, 11) is 3.05. The van der Waals surface area contributed by atoms with Gasteiger partial charge in [0.15, 0.2) is 11.6 Å². The van der Waals surface area contributed by atoms with Crippen molar-refractivity contribution in [1.29, 1.82) is 0 Å². The summed E-state index contributed by atoms with van der Waals surface area (Å²) in [5.41, 5.74) is -0.535. The van der Waals surface area contributed by atoms with E-state index >= 15 is 0 Å². The summed E-state index contributed by atoms with van der Waals surface area (Å²) in [4.78, 5) is 0. The molecule has 0 saturated heterocycles. The topological polar surface area (TPSA) is 50.7 Å². The molecule has 5 heteroatoms. The molecule has 1 aromatic carbocycles. The van der Waals surface area contributed by atoms with Crippen LogP contribution in [0.2, 0.25) is 0 Å². The lowest BCUT2D eigenvalue weighted by atomic mass is 9.92. The van der Waals surface area contributed by atoms with Gasteiger partial charge in [-0.2, -0.15) is 0 Å². The first-order chi connectivity index (χ1) is 9.01. The number of methoxy groups -OCH3 is 2. The average molecular weight is 271 g/mol. The number of ether oxygens (including phenoxy) is 2. The molecule has 1 atom stereocenters. The maximum absolute atomic E-state index is 13.6. The molecule has 0 amide bonds. The molecule has 0 aliphatic heterocycles. The summed E-state index contributed by atoms with van der Waals surface area (Å²) in [6.07, 6.45) is 0.489. The van der Waals surface area contributed by atoms with Gasteiger partial charge >= 0.3 is 0 Å². The van der Waals surface area contributed by atoms with Crippen LogP contribution in [0, 0.1) is 5.82 Å². The van der Waals surface area contributed by atoms with Gasteiger partial charge in [0.1, 0.15) is 0 Å². The van der Waals surface area contributed by atoms with Crippen molar-refractivity contribution in [1.82, 2.24) is 5.32 Å². The van der Waals surface area contributed by atoms with E-state index in [0.717, 1.165) is 6.54 Å². The van der Waals surface area contributed by atoms with Gasteiger partial charge in [-0.3, -0.25) is 0 Å². The maximum Gasteiger partial charge on any atom is 0.165 e. The smallest absolute Gasteiger partial charge is 0.165 e. The minimum absolute atomic E-state index is 0.178. The Balaban J connectivity index is 2.58. The van der Waals surface area contributed by atoms with Gasteiger partial charge < -0.3 is 19.9 Å². The number of hydrogen-bond donors (Lipinski definition) is 2. The van der Waals surface area contributed by atoms with Crippen LogP contribution in [-0.4, -0.2) is 39.0 Å². The van der Waals surface area contributed by atoms with E-state index in [1.165, 1.54) is 19.2 Å². The molecule has 0 aromatic heterocycles. The van der Waals surface area contributed by atoms with E-state index in [0.29, 0.717) is 25.1 Å². The second-order valence-electron chi connectivity index (χ2n) is 4.62. The zero-order chi connectivity index (χ0) is 14.3. The van der Waals surface area contributed by atoms with Crippen molar-refractivity contribution in [2.75, 3.05) is 33.9 Å². The quantitative estimate of drug-likeness (QED) is 0.706. The van der Waals surface area contributed by atoms with E-state index in [9.17, 15) is 9.50 Å². The summed E-state index contributed by atoms with van der Waals surface area (Å²) in [6, 6.07) is 4.52. The van der Waals surface area contributed by atoms with Gasteiger partial charge in [0.2, 0.25) is 0 Å². The summed E-state index contributed by atoms with van der Waals surface area (Å²) < 4.78 is 23.4. The summed E-state index contributed by atoms with van der Waals surface area (Å²) in [5.74, 6) is -0.287. The number of nitrogens with one attached hydrogen (secondary N) is 1. The Morgan fingerprint density at radius 1 is 1.32 bits per heavy atom. The Morgan fingerprint density at radius 3 is 2.63 bits per heavy atom. The highest BCUT2D eigenvalue weighted by molar-refractivity contribution is 5.32. The van der Waals surface area contributed by atoms with Gasteiger partial charge in [-0.1, -0.05) is 6.07 Å². The Hall–Kier alpha value is -1.17. The first-order valence-electron chi connectivity index (χ1n) is 6.27. The second kappa shape index (κ2) is 7.43. The van der Waals surface area contributed by atoms with Gasteiger partial charge in [-0.25, -0.2) is 4.39 Å². The van der Waals surface area contributed by atoms with Crippen molar-refractivity contribution >= 4 is 0 Å². The van der Waals surface area contributed by atoms with Crippen LogP contribution in [0.4, 0.5) is 4.39 Å². The lowest BCUT2D eigenvalue weighted by molar-refractivity contribution is 0.0471. The molecule has 108 valence electrons. The fourth-order valence-electron chi connectivity index (χ4n) is 1.78. The number of rotatable bonds is 8. The van der Waals surface area contributed by atoms with Crippen LogP contribution < -0.4 is 10.1 Å². The summed E-state index contributed by atoms with van der Waals surface area (Å²) in [5, 5.41) is 13.5. The molecule has 0 saturated carbocycles. The SMILES string of the molecule is COCCNCCC(C)(O)c1ccc(OC)c(F)c1. The van der Waals surface area contributed by atoms with E-state index in [1.807, 2.05) is 0 Å². The lowest BCUT2D eigenvalue weighted by Gasteiger charge is -2.24. The van der Waals surface area contributed by atoms with Crippen LogP contribution in [0.3, 0.4) is 0 Å². The third-order valence-corrected chi connectivity index (χ3v) is 3.05. The van der Waals surface area contributed by atoms with Crippen LogP contribution >= 0.6 is 0 Å². The van der Waals surface area contributed by atoms with Crippen molar-refractivity contribution in [3.63, 3.8) is 0 Å². The van der Waals surface area contributed by atoms with Gasteiger partial charge in [0.25, 0.3) is 0 Å². The van der Waals surface area contributed by atoms with Crippen LogP contribution in [0.15, 0.2) is 18.2 Å². The molecule has 4 nitrogen and oxygen atoms in total. The lowest BCUT2D eigenvalue weighted by Crippen LogP contribution is -2.29. The zero-order valence-corrected chi connectivity index (χ0v) is 11.7. The highest BCUT2D eigenvalue weighted by Crippen LogP contribution is 2.27. The Kier molecular flexibility index (Phi) is 6.21. The normalized spacial score (nSPS) is 14.2. The molecule has 2 N–H and O–H groups in total. The molecule has 0 heterocycles. The van der Waals surface area contributed by atoms with E-state index in [-0.39, 0.29) is 5.75 Å². The number of halogens is 1. The van der Waals surface area contributed by atoms with E-state index in [4.69, 9.17) is 9.47 Å². The highest BCUT2D eigenvalue weighted by atomic mass is 19.1. The van der Waals surface area contributed by atoms with Crippen molar-refractivity contribution < 1.29 is 19.0 Å². The van der Waals surface area contributed by atoms with Crippen LogP contribution in [-0.2, 0) is 10.3 Å². The Labute approximate surface area is 113 Å². The van der Waals surface area contributed by atoms with Crippen molar-refractivity contribution in [2.24, 2.45) is 0 Å². The van der Waals surface area contributed by atoms with E-state index < -0.39 is 11.4 Å². The molecule has 0 fully saturated rings. The predicted molar refractivity (Wildman–Crippen MR) is 71.9 cm³/mol. The Morgan fingerprint density at radius 2 is 2.05 bits per heavy atom. The zero-order valence-electron chi connectivity index (χ0n) is 11.7. The third kappa shape index (κ3) is 4.78. The molecule has 0 aliphatic carbocycles. The molecular weight excluding hydrogens is 249 g/mol. The van der Waals surface area contributed by atoms with Crippen LogP contribution in [0.25, 0.3) is 0 Å². The average Bonchev–Trinajstić information content (AvgIpc) is 2.38. The van der Waals surface area contributed by atoms with Crippen molar-refractivity contribution in [2.45, 2.75) is 18.9 Å². The number of benzene rings is 1. The van der Waals surface area contributed by atoms with Gasteiger partial charge in [-0.15, -0.1) is 0 Å². The minimum atomic E-state index is -1.08. The summed E-state index contributed by atoms with van der Waals surface area (Å²) in [6.45, 7) is 3.65.